The number of amides is 1. The Bertz CT molecular complexity index is 1490. The van der Waals surface area contributed by atoms with E-state index < -0.39 is 17.4 Å². The molecule has 1 amide bonds. The van der Waals surface area contributed by atoms with Gasteiger partial charge in [-0.15, -0.1) is 11.3 Å². The Morgan fingerprint density at radius 3 is 2.26 bits per heavy atom. The van der Waals surface area contributed by atoms with Crippen LogP contribution in [-0.4, -0.2) is 41.5 Å². The number of nitrogens with zero attached hydrogens (tertiary/aromatic N) is 2. The van der Waals surface area contributed by atoms with Gasteiger partial charge in [0.25, 0.3) is 11.5 Å². The van der Waals surface area contributed by atoms with E-state index >= 15 is 0 Å². The third-order valence-electron chi connectivity index (χ3n) is 5.68. The molecule has 0 radical (unpaired) electrons. The number of carbonyl (C=O) groups is 2. The number of fused-ring (bicyclic) bond motifs is 1. The second kappa shape index (κ2) is 11.9. The van der Waals surface area contributed by atoms with Gasteiger partial charge in [0.2, 0.25) is 0 Å². The molecule has 38 heavy (non-hydrogen) atoms. The minimum atomic E-state index is -0.666. The number of thiophene rings is 1. The average Bonchev–Trinajstić information content (AvgIpc) is 3.33. The number of rotatable bonds is 10. The van der Waals surface area contributed by atoms with Crippen LogP contribution < -0.4 is 20.3 Å². The molecule has 2 aromatic carbocycles. The molecular formula is C28H29N3O6S. The maximum absolute atomic E-state index is 13.5. The Balaban J connectivity index is 1.65. The van der Waals surface area contributed by atoms with Gasteiger partial charge >= 0.3 is 5.97 Å². The topological polar surface area (TPSA) is 109 Å². The lowest BCUT2D eigenvalue weighted by Crippen LogP contribution is -2.26. The Morgan fingerprint density at radius 1 is 0.974 bits per heavy atom. The number of anilines is 1. The van der Waals surface area contributed by atoms with E-state index in [2.05, 4.69) is 24.3 Å². The zero-order chi connectivity index (χ0) is 27.2. The quantitative estimate of drug-likeness (QED) is 0.279. The normalized spacial score (nSPS) is 11.0. The molecule has 0 aliphatic heterocycles. The zero-order valence-electron chi connectivity index (χ0n) is 21.6. The van der Waals surface area contributed by atoms with E-state index in [1.165, 1.54) is 5.56 Å². The molecule has 0 aliphatic carbocycles. The first kappa shape index (κ1) is 26.9. The number of hydrogen-bond donors (Lipinski definition) is 1. The highest BCUT2D eigenvalue weighted by molar-refractivity contribution is 7.16. The third-order valence-corrected chi connectivity index (χ3v) is 6.58. The minimum absolute atomic E-state index is 0.0198. The third kappa shape index (κ3) is 5.86. The van der Waals surface area contributed by atoms with Crippen molar-refractivity contribution in [2.24, 2.45) is 0 Å². The van der Waals surface area contributed by atoms with Crippen molar-refractivity contribution in [3.63, 3.8) is 0 Å². The molecule has 0 atom stereocenters. The fourth-order valence-corrected chi connectivity index (χ4v) is 4.73. The lowest BCUT2D eigenvalue weighted by molar-refractivity contribution is -0.118. The van der Waals surface area contributed by atoms with Gasteiger partial charge in [-0.1, -0.05) is 26.0 Å². The monoisotopic (exact) mass is 535 g/mol. The maximum Gasteiger partial charge on any atom is 0.359 e. The predicted molar refractivity (Wildman–Crippen MR) is 147 cm³/mol. The molecule has 4 aromatic rings. The molecule has 0 saturated heterocycles. The van der Waals surface area contributed by atoms with Crippen molar-refractivity contribution in [1.82, 2.24) is 9.78 Å². The largest absolute Gasteiger partial charge is 0.494 e. The second-order valence-corrected chi connectivity index (χ2v) is 9.51. The van der Waals surface area contributed by atoms with E-state index in [9.17, 15) is 14.4 Å². The molecule has 0 fully saturated rings. The molecule has 2 heterocycles. The Hall–Kier alpha value is -4.18. The molecule has 0 aliphatic rings. The Morgan fingerprint density at radius 2 is 1.63 bits per heavy atom. The molecule has 0 unspecified atom stereocenters. The number of benzene rings is 2. The van der Waals surface area contributed by atoms with Crippen LogP contribution in [0.25, 0.3) is 16.5 Å². The number of aromatic nitrogens is 2. The van der Waals surface area contributed by atoms with Crippen LogP contribution >= 0.6 is 11.3 Å². The first-order valence-corrected chi connectivity index (χ1v) is 13.2. The van der Waals surface area contributed by atoms with Crippen LogP contribution in [0.4, 0.5) is 5.00 Å². The zero-order valence-corrected chi connectivity index (χ0v) is 22.5. The number of hydrogen-bond acceptors (Lipinski definition) is 8. The van der Waals surface area contributed by atoms with Crippen LogP contribution in [0, 0.1) is 0 Å². The molecule has 0 bridgehead atoms. The fraction of sp³-hybridized carbons (Fsp3) is 0.286. The minimum Gasteiger partial charge on any atom is -0.494 e. The van der Waals surface area contributed by atoms with Crippen LogP contribution in [0.1, 0.15) is 49.7 Å². The lowest BCUT2D eigenvalue weighted by atomic mass is 10.0. The van der Waals surface area contributed by atoms with E-state index in [1.807, 2.05) is 31.2 Å². The summed E-state index contributed by atoms with van der Waals surface area (Å²) in [5.41, 5.74) is 1.09. The van der Waals surface area contributed by atoms with E-state index in [-0.39, 0.29) is 24.3 Å². The van der Waals surface area contributed by atoms with Crippen LogP contribution in [0.15, 0.2) is 58.7 Å². The van der Waals surface area contributed by atoms with Gasteiger partial charge in [0.1, 0.15) is 16.5 Å². The van der Waals surface area contributed by atoms with Crippen molar-refractivity contribution < 1.29 is 23.8 Å². The van der Waals surface area contributed by atoms with Crippen LogP contribution in [0.5, 0.6) is 11.5 Å². The van der Waals surface area contributed by atoms with Crippen molar-refractivity contribution >= 4 is 39.0 Å². The first-order valence-electron chi connectivity index (χ1n) is 12.3. The molecule has 9 nitrogen and oxygen atoms in total. The Kier molecular flexibility index (Phi) is 8.42. The standard InChI is InChI=1S/C28H29N3O6S/c1-5-35-20-13-9-19(10-14-20)31-27(33)24-22(25(30-31)28(34)36-6-2)16-38-26(24)29-23(32)15-37-21-11-7-18(8-12-21)17(3)4/h7-14,16-17H,5-6,15H2,1-4H3,(H,29,32). The van der Waals surface area contributed by atoms with Gasteiger partial charge < -0.3 is 19.5 Å². The second-order valence-electron chi connectivity index (χ2n) is 8.63. The van der Waals surface area contributed by atoms with Crippen molar-refractivity contribution in [3.8, 4) is 17.2 Å². The number of esters is 1. The van der Waals surface area contributed by atoms with E-state index in [0.29, 0.717) is 40.1 Å². The maximum atomic E-state index is 13.5. The van der Waals surface area contributed by atoms with Gasteiger partial charge in [0.05, 0.1) is 24.3 Å². The van der Waals surface area contributed by atoms with Crippen LogP contribution in [-0.2, 0) is 9.53 Å². The smallest absolute Gasteiger partial charge is 0.359 e. The highest BCUT2D eigenvalue weighted by atomic mass is 32.1. The van der Waals surface area contributed by atoms with Gasteiger partial charge in [-0.2, -0.15) is 9.78 Å². The van der Waals surface area contributed by atoms with E-state index in [1.54, 1.807) is 36.6 Å². The van der Waals surface area contributed by atoms with Gasteiger partial charge in [-0.3, -0.25) is 9.59 Å². The summed E-state index contributed by atoms with van der Waals surface area (Å²) in [4.78, 5) is 39.0. The van der Waals surface area contributed by atoms with Crippen molar-refractivity contribution in [2.75, 3.05) is 25.1 Å². The average molecular weight is 536 g/mol. The predicted octanol–water partition coefficient (Wildman–Crippen LogP) is 5.16. The molecule has 0 spiro atoms. The van der Waals surface area contributed by atoms with Crippen molar-refractivity contribution in [1.29, 1.82) is 0 Å². The van der Waals surface area contributed by atoms with Gasteiger partial charge in [0, 0.05) is 10.8 Å². The van der Waals surface area contributed by atoms with Crippen LogP contribution in [0.2, 0.25) is 0 Å². The SMILES string of the molecule is CCOC(=O)c1nn(-c2ccc(OCC)cc2)c(=O)c2c(NC(=O)COc3ccc(C(C)C)cc3)scc12. The van der Waals surface area contributed by atoms with Gasteiger partial charge in [-0.25, -0.2) is 4.79 Å². The summed E-state index contributed by atoms with van der Waals surface area (Å²) in [5, 5.41) is 9.43. The van der Waals surface area contributed by atoms with Crippen LogP contribution in [0.3, 0.4) is 0 Å². The Labute approximate surface area is 224 Å². The summed E-state index contributed by atoms with van der Waals surface area (Å²) in [6.45, 7) is 8.16. The summed E-state index contributed by atoms with van der Waals surface area (Å²) in [6.07, 6.45) is 0. The number of carbonyl (C=O) groups excluding carboxylic acids is 2. The molecule has 0 saturated carbocycles. The van der Waals surface area contributed by atoms with Gasteiger partial charge in [-0.05, 0) is 61.7 Å². The lowest BCUT2D eigenvalue weighted by Gasteiger charge is -2.11. The summed E-state index contributed by atoms with van der Waals surface area (Å²) in [7, 11) is 0. The molecule has 1 N–H and O–H groups in total. The van der Waals surface area contributed by atoms with Gasteiger partial charge in [0.15, 0.2) is 12.3 Å². The summed E-state index contributed by atoms with van der Waals surface area (Å²) in [6, 6.07) is 14.3. The molecular weight excluding hydrogens is 506 g/mol. The molecule has 2 aromatic heterocycles. The molecule has 10 heteroatoms. The summed E-state index contributed by atoms with van der Waals surface area (Å²) in [5.74, 6) is 0.481. The molecule has 4 rings (SSSR count). The first-order chi connectivity index (χ1) is 18.3. The van der Waals surface area contributed by atoms with E-state index in [0.717, 1.165) is 16.0 Å². The van der Waals surface area contributed by atoms with E-state index in [4.69, 9.17) is 14.2 Å². The highest BCUT2D eigenvalue weighted by Gasteiger charge is 2.23. The fourth-order valence-electron chi connectivity index (χ4n) is 3.78. The number of ether oxygens (including phenoxy) is 3. The number of nitrogens with one attached hydrogen (secondary N) is 1. The molecule has 198 valence electrons. The van der Waals surface area contributed by atoms with Crippen molar-refractivity contribution in [2.45, 2.75) is 33.6 Å². The summed E-state index contributed by atoms with van der Waals surface area (Å²) >= 11 is 1.13. The summed E-state index contributed by atoms with van der Waals surface area (Å²) < 4.78 is 17.4. The highest BCUT2D eigenvalue weighted by Crippen LogP contribution is 2.31. The van der Waals surface area contributed by atoms with Crippen molar-refractivity contribution in [3.05, 3.63) is 75.5 Å².